The maximum absolute atomic E-state index is 13.0. The van der Waals surface area contributed by atoms with Gasteiger partial charge in [0, 0.05) is 18.5 Å². The molecule has 0 unspecified atom stereocenters. The maximum Gasteiger partial charge on any atom is 0.356 e. The van der Waals surface area contributed by atoms with Gasteiger partial charge in [0.2, 0.25) is 5.91 Å². The molecule has 7 nitrogen and oxygen atoms in total. The second-order valence-electron chi connectivity index (χ2n) is 9.94. The van der Waals surface area contributed by atoms with E-state index in [1.165, 1.54) is 7.11 Å². The molecule has 2 heterocycles. The lowest BCUT2D eigenvalue weighted by Crippen LogP contribution is -2.19. The lowest BCUT2D eigenvalue weighted by atomic mass is 9.97. The number of rotatable bonds is 8. The number of fused-ring (bicyclic) bond motifs is 1. The number of carbonyl (C=O) groups is 2. The largest absolute Gasteiger partial charge is 0.464 e. The highest BCUT2D eigenvalue weighted by Gasteiger charge is 2.26. The summed E-state index contributed by atoms with van der Waals surface area (Å²) in [4.78, 5) is 30.5. The van der Waals surface area contributed by atoms with Crippen molar-refractivity contribution in [3.05, 3.63) is 53.9 Å². The lowest BCUT2D eigenvalue weighted by Gasteiger charge is -2.19. The molecule has 2 N–H and O–H groups in total. The van der Waals surface area contributed by atoms with Crippen LogP contribution in [0.15, 0.2) is 42.6 Å². The number of benzene rings is 1. The van der Waals surface area contributed by atoms with Crippen molar-refractivity contribution in [1.29, 1.82) is 0 Å². The van der Waals surface area contributed by atoms with E-state index in [1.807, 2.05) is 41.0 Å². The van der Waals surface area contributed by atoms with E-state index in [4.69, 9.17) is 4.74 Å². The molecule has 0 saturated carbocycles. The molecule has 0 spiro atoms. The van der Waals surface area contributed by atoms with E-state index in [9.17, 15) is 9.59 Å². The van der Waals surface area contributed by atoms with Crippen molar-refractivity contribution in [3.63, 3.8) is 0 Å². The summed E-state index contributed by atoms with van der Waals surface area (Å²) in [6, 6.07) is 11.4. The highest BCUT2D eigenvalue weighted by molar-refractivity contribution is 6.11. The summed E-state index contributed by atoms with van der Waals surface area (Å²) in [5.74, 6) is -0.451. The van der Waals surface area contributed by atoms with E-state index in [1.54, 1.807) is 6.20 Å². The Labute approximate surface area is 195 Å². The van der Waals surface area contributed by atoms with Gasteiger partial charge in [0.05, 0.1) is 31.1 Å². The van der Waals surface area contributed by atoms with Crippen molar-refractivity contribution in [2.75, 3.05) is 24.3 Å². The minimum atomic E-state index is -0.507. The van der Waals surface area contributed by atoms with Crippen LogP contribution in [0.5, 0.6) is 0 Å². The van der Waals surface area contributed by atoms with Gasteiger partial charge in [-0.25, -0.2) is 9.78 Å². The number of aromatic nitrogens is 2. The number of ether oxygens (including phenoxy) is 1. The summed E-state index contributed by atoms with van der Waals surface area (Å²) in [7, 11) is 1.35. The topological polar surface area (TPSA) is 85.2 Å². The van der Waals surface area contributed by atoms with E-state index in [2.05, 4.69) is 50.2 Å². The van der Waals surface area contributed by atoms with Crippen molar-refractivity contribution >= 4 is 34.3 Å². The van der Waals surface area contributed by atoms with E-state index in [-0.39, 0.29) is 23.7 Å². The zero-order valence-electron chi connectivity index (χ0n) is 20.4. The quantitative estimate of drug-likeness (QED) is 0.466. The molecule has 33 heavy (non-hydrogen) atoms. The zero-order valence-corrected chi connectivity index (χ0v) is 20.4. The summed E-state index contributed by atoms with van der Waals surface area (Å²) >= 11 is 0. The molecule has 0 fully saturated rings. The molecule has 0 radical (unpaired) electrons. The summed E-state index contributed by atoms with van der Waals surface area (Å²) < 4.78 is 6.94. The van der Waals surface area contributed by atoms with Crippen LogP contribution < -0.4 is 10.6 Å². The number of nitrogens with zero attached hydrogens (tertiary/aromatic N) is 2. The van der Waals surface area contributed by atoms with Crippen molar-refractivity contribution in [2.24, 2.45) is 11.3 Å². The van der Waals surface area contributed by atoms with Gasteiger partial charge in [-0.15, -0.1) is 0 Å². The maximum atomic E-state index is 13.0. The molecule has 0 aliphatic heterocycles. The van der Waals surface area contributed by atoms with Crippen molar-refractivity contribution in [3.8, 4) is 0 Å². The number of amides is 1. The second-order valence-corrected chi connectivity index (χ2v) is 9.94. The number of esters is 1. The number of hydrogen-bond donors (Lipinski definition) is 2. The highest BCUT2D eigenvalue weighted by Crippen LogP contribution is 2.33. The molecule has 0 atom stereocenters. The average molecular weight is 451 g/mol. The Morgan fingerprint density at radius 2 is 1.85 bits per heavy atom. The summed E-state index contributed by atoms with van der Waals surface area (Å²) in [5, 5.41) is 7.10. The van der Waals surface area contributed by atoms with Crippen molar-refractivity contribution in [1.82, 2.24) is 9.55 Å². The molecule has 7 heteroatoms. The van der Waals surface area contributed by atoms with Crippen LogP contribution in [0.1, 0.15) is 50.7 Å². The Morgan fingerprint density at radius 1 is 1.15 bits per heavy atom. The highest BCUT2D eigenvalue weighted by atomic mass is 16.5. The van der Waals surface area contributed by atoms with Gasteiger partial charge in [-0.2, -0.15) is 0 Å². The van der Waals surface area contributed by atoms with Crippen molar-refractivity contribution < 1.29 is 14.3 Å². The van der Waals surface area contributed by atoms with Gasteiger partial charge in [-0.1, -0.05) is 65.0 Å². The molecule has 1 amide bonds. The molecular formula is C26H34N4O3. The van der Waals surface area contributed by atoms with Gasteiger partial charge in [-0.3, -0.25) is 4.79 Å². The van der Waals surface area contributed by atoms with E-state index < -0.39 is 5.97 Å². The van der Waals surface area contributed by atoms with Gasteiger partial charge >= 0.3 is 5.97 Å². The fourth-order valence-electron chi connectivity index (χ4n) is 3.63. The fourth-order valence-corrected chi connectivity index (χ4v) is 3.63. The first-order valence-corrected chi connectivity index (χ1v) is 11.3. The third-order valence-electron chi connectivity index (χ3n) is 5.12. The Balaban J connectivity index is 2.09. The minimum absolute atomic E-state index is 0.0858. The number of carbonyl (C=O) groups excluding carboxylic acids is 2. The van der Waals surface area contributed by atoms with Crippen molar-refractivity contribution in [2.45, 2.75) is 47.6 Å². The van der Waals surface area contributed by atoms with Crippen LogP contribution in [-0.4, -0.2) is 35.1 Å². The van der Waals surface area contributed by atoms with Crippen LogP contribution in [0.4, 0.5) is 11.4 Å². The smallest absolute Gasteiger partial charge is 0.356 e. The van der Waals surface area contributed by atoms with Gasteiger partial charge in [-0.05, 0) is 23.0 Å². The Hall–Kier alpha value is -3.35. The SMILES string of the molecule is COC(=O)c1c(NC(=O)Cc2ccccc2)c2cc(NCC(C)(C)C)cnc2n1CC(C)C. The first-order valence-electron chi connectivity index (χ1n) is 11.3. The number of anilines is 2. The van der Waals surface area contributed by atoms with Crippen LogP contribution in [0.2, 0.25) is 0 Å². The van der Waals surface area contributed by atoms with Crippen LogP contribution in [-0.2, 0) is 22.5 Å². The summed E-state index contributed by atoms with van der Waals surface area (Å²) in [5.41, 5.74) is 3.19. The first-order chi connectivity index (χ1) is 15.6. The minimum Gasteiger partial charge on any atom is -0.464 e. The third kappa shape index (κ3) is 6.12. The molecule has 0 bridgehead atoms. The fraction of sp³-hybridized carbons (Fsp3) is 0.423. The molecule has 2 aromatic heterocycles. The molecule has 176 valence electrons. The van der Waals surface area contributed by atoms with Gasteiger partial charge in [0.15, 0.2) is 5.69 Å². The summed E-state index contributed by atoms with van der Waals surface area (Å²) in [6.07, 6.45) is 1.97. The predicted octanol–water partition coefficient (Wildman–Crippen LogP) is 5.12. The van der Waals surface area contributed by atoms with Gasteiger partial charge in [0.1, 0.15) is 5.65 Å². The predicted molar refractivity (Wildman–Crippen MR) is 133 cm³/mol. The Kier molecular flexibility index (Phi) is 7.41. The molecule has 0 aliphatic carbocycles. The number of pyridine rings is 1. The molecular weight excluding hydrogens is 416 g/mol. The number of methoxy groups -OCH3 is 1. The Bertz CT molecular complexity index is 1130. The van der Waals surface area contributed by atoms with Crippen LogP contribution >= 0.6 is 0 Å². The molecule has 0 aliphatic rings. The lowest BCUT2D eigenvalue weighted by molar-refractivity contribution is -0.115. The van der Waals surface area contributed by atoms with E-state index >= 15 is 0 Å². The van der Waals surface area contributed by atoms with Gasteiger partial charge in [0.25, 0.3) is 0 Å². The van der Waals surface area contributed by atoms with Crippen LogP contribution in [0.25, 0.3) is 11.0 Å². The normalized spacial score (nSPS) is 11.6. The van der Waals surface area contributed by atoms with Crippen LogP contribution in [0, 0.1) is 11.3 Å². The van der Waals surface area contributed by atoms with Crippen LogP contribution in [0.3, 0.4) is 0 Å². The first kappa shape index (κ1) is 24.3. The molecule has 1 aromatic carbocycles. The standard InChI is InChI=1S/C26H34N4O3/c1-17(2)15-30-23(25(32)33-6)22(29-21(31)12-18-10-8-7-9-11-18)20-13-19(14-27-24(20)30)28-16-26(3,4)5/h7-11,13-14,17,28H,12,15-16H2,1-6H3,(H,29,31). The van der Waals surface area contributed by atoms with E-state index in [0.29, 0.717) is 29.0 Å². The average Bonchev–Trinajstić information content (AvgIpc) is 3.03. The summed E-state index contributed by atoms with van der Waals surface area (Å²) in [6.45, 7) is 11.9. The third-order valence-corrected chi connectivity index (χ3v) is 5.12. The zero-order chi connectivity index (χ0) is 24.2. The second kappa shape index (κ2) is 10.1. The molecule has 3 aromatic rings. The van der Waals surface area contributed by atoms with E-state index in [0.717, 1.165) is 17.8 Å². The van der Waals surface area contributed by atoms with Gasteiger partial charge < -0.3 is 19.9 Å². The Morgan fingerprint density at radius 3 is 2.45 bits per heavy atom. The number of hydrogen-bond acceptors (Lipinski definition) is 5. The molecule has 0 saturated heterocycles. The number of nitrogens with one attached hydrogen (secondary N) is 2. The molecule has 3 rings (SSSR count). The monoisotopic (exact) mass is 450 g/mol.